The van der Waals surface area contributed by atoms with Crippen LogP contribution in [-0.4, -0.2) is 36.6 Å². The van der Waals surface area contributed by atoms with E-state index in [1.54, 1.807) is 0 Å². The number of anilines is 1. The number of hydrogen-bond donors (Lipinski definition) is 0. The molecule has 19 heavy (non-hydrogen) atoms. The molecule has 106 valence electrons. The summed E-state index contributed by atoms with van der Waals surface area (Å²) in [4.78, 5) is 4.96. The van der Waals surface area contributed by atoms with E-state index in [1.807, 2.05) is 0 Å². The van der Waals surface area contributed by atoms with E-state index in [2.05, 4.69) is 64.7 Å². The van der Waals surface area contributed by atoms with E-state index in [0.717, 1.165) is 42.1 Å². The Hall–Kier alpha value is -0.250. The predicted octanol–water partition coefficient (Wildman–Crippen LogP) is 4.16. The maximum atomic E-state index is 6.28. The lowest BCUT2D eigenvalue weighted by molar-refractivity contribution is 0.128. The molecule has 0 unspecified atom stereocenters. The molecule has 1 aromatic carbocycles. The molecular weight excluding hydrogens is 324 g/mol. The summed E-state index contributed by atoms with van der Waals surface area (Å²) in [7, 11) is 0. The third-order valence-electron chi connectivity index (χ3n) is 3.77. The highest BCUT2D eigenvalue weighted by molar-refractivity contribution is 9.08. The predicted molar refractivity (Wildman–Crippen MR) is 87.6 cm³/mol. The molecule has 0 aromatic heterocycles. The Bertz CT molecular complexity index is 434. The number of rotatable bonds is 2. The fraction of sp³-hybridized carbons (Fsp3) is 0.600. The third-order valence-corrected chi connectivity index (χ3v) is 4.73. The molecule has 4 heteroatoms. The zero-order valence-electron chi connectivity index (χ0n) is 11.9. The van der Waals surface area contributed by atoms with Crippen molar-refractivity contribution in [3.63, 3.8) is 0 Å². The summed E-state index contributed by atoms with van der Waals surface area (Å²) >= 11 is 9.74. The van der Waals surface area contributed by atoms with Crippen molar-refractivity contribution in [2.24, 2.45) is 0 Å². The van der Waals surface area contributed by atoms with Crippen LogP contribution in [0.2, 0.25) is 5.02 Å². The van der Waals surface area contributed by atoms with Gasteiger partial charge in [-0.1, -0.05) is 33.6 Å². The van der Waals surface area contributed by atoms with Gasteiger partial charge in [0.15, 0.2) is 0 Å². The maximum absolute atomic E-state index is 6.28. The highest BCUT2D eigenvalue weighted by Crippen LogP contribution is 2.27. The van der Waals surface area contributed by atoms with Crippen molar-refractivity contribution in [3.05, 3.63) is 28.8 Å². The van der Waals surface area contributed by atoms with Crippen LogP contribution in [0.4, 0.5) is 5.69 Å². The van der Waals surface area contributed by atoms with Crippen LogP contribution < -0.4 is 4.90 Å². The molecular formula is C15H22BrClN2. The molecule has 0 N–H and O–H groups in total. The summed E-state index contributed by atoms with van der Waals surface area (Å²) in [5.41, 5.74) is 2.66. The van der Waals surface area contributed by atoms with E-state index in [-0.39, 0.29) is 5.54 Å². The van der Waals surface area contributed by atoms with Crippen molar-refractivity contribution in [1.29, 1.82) is 0 Å². The molecule has 0 aliphatic carbocycles. The number of alkyl halides is 1. The highest BCUT2D eigenvalue weighted by atomic mass is 79.9. The molecule has 2 nitrogen and oxygen atoms in total. The smallest absolute Gasteiger partial charge is 0.0467 e. The number of halogens is 2. The molecule has 1 aliphatic heterocycles. The van der Waals surface area contributed by atoms with Crippen molar-refractivity contribution in [1.82, 2.24) is 4.90 Å². The lowest BCUT2D eigenvalue weighted by Gasteiger charge is -2.43. The third kappa shape index (κ3) is 3.65. The van der Waals surface area contributed by atoms with E-state index in [9.17, 15) is 0 Å². The van der Waals surface area contributed by atoms with Crippen LogP contribution in [0.15, 0.2) is 18.2 Å². The Morgan fingerprint density at radius 2 is 1.79 bits per heavy atom. The number of hydrogen-bond acceptors (Lipinski definition) is 2. The average Bonchev–Trinajstić information content (AvgIpc) is 2.38. The monoisotopic (exact) mass is 344 g/mol. The minimum absolute atomic E-state index is 0.267. The molecule has 1 fully saturated rings. The molecule has 1 aromatic rings. The molecule has 0 spiro atoms. The normalized spacial score (nSPS) is 17.8. The Labute approximate surface area is 129 Å². The Balaban J connectivity index is 2.04. The minimum atomic E-state index is 0.267. The van der Waals surface area contributed by atoms with Crippen LogP contribution in [0.1, 0.15) is 26.3 Å². The Morgan fingerprint density at radius 1 is 1.16 bits per heavy atom. The second-order valence-electron chi connectivity index (χ2n) is 6.05. The van der Waals surface area contributed by atoms with Crippen molar-refractivity contribution >= 4 is 33.2 Å². The zero-order chi connectivity index (χ0) is 14.0. The van der Waals surface area contributed by atoms with Crippen molar-refractivity contribution in [2.75, 3.05) is 31.1 Å². The van der Waals surface area contributed by atoms with Crippen LogP contribution >= 0.6 is 27.5 Å². The fourth-order valence-electron chi connectivity index (χ4n) is 2.48. The van der Waals surface area contributed by atoms with Crippen LogP contribution in [0.25, 0.3) is 0 Å². The highest BCUT2D eigenvalue weighted by Gasteiger charge is 2.25. The summed E-state index contributed by atoms with van der Waals surface area (Å²) in [6.45, 7) is 11.2. The summed E-state index contributed by atoms with van der Waals surface area (Å²) in [6.07, 6.45) is 0. The van der Waals surface area contributed by atoms with Crippen LogP contribution in [0.3, 0.4) is 0 Å². The van der Waals surface area contributed by atoms with E-state index in [0.29, 0.717) is 0 Å². The largest absolute Gasteiger partial charge is 0.369 e. The minimum Gasteiger partial charge on any atom is -0.369 e. The zero-order valence-corrected chi connectivity index (χ0v) is 14.3. The Kier molecular flexibility index (Phi) is 4.80. The SMILES string of the molecule is CC(C)(C)N1CCN(c2ccc(CBr)c(Cl)c2)CC1. The van der Waals surface area contributed by atoms with E-state index < -0.39 is 0 Å². The summed E-state index contributed by atoms with van der Waals surface area (Å²) in [6, 6.07) is 6.38. The lowest BCUT2D eigenvalue weighted by Crippen LogP contribution is -2.53. The number of piperazine rings is 1. The summed E-state index contributed by atoms with van der Waals surface area (Å²) in [5, 5.41) is 1.66. The molecule has 2 rings (SSSR count). The second kappa shape index (κ2) is 6.02. The first-order valence-corrected chi connectivity index (χ1v) is 8.26. The van der Waals surface area contributed by atoms with Gasteiger partial charge in [0.2, 0.25) is 0 Å². The quantitative estimate of drug-likeness (QED) is 0.743. The van der Waals surface area contributed by atoms with Gasteiger partial charge in [0.25, 0.3) is 0 Å². The van der Waals surface area contributed by atoms with E-state index in [1.165, 1.54) is 5.69 Å². The topological polar surface area (TPSA) is 6.48 Å². The first-order chi connectivity index (χ1) is 8.91. The lowest BCUT2D eigenvalue weighted by atomic mass is 10.0. The fourth-order valence-corrected chi connectivity index (χ4v) is 3.37. The van der Waals surface area contributed by atoms with Crippen molar-refractivity contribution in [3.8, 4) is 0 Å². The first kappa shape index (κ1) is 15.1. The standard InChI is InChI=1S/C15H22BrClN2/c1-15(2,3)19-8-6-18(7-9-19)13-5-4-12(11-16)14(17)10-13/h4-5,10H,6-9,11H2,1-3H3. The van der Waals surface area contributed by atoms with Gasteiger partial charge in [0.1, 0.15) is 0 Å². The molecule has 0 atom stereocenters. The van der Waals surface area contributed by atoms with Gasteiger partial charge in [-0.3, -0.25) is 4.90 Å². The number of benzene rings is 1. The molecule has 0 saturated carbocycles. The van der Waals surface area contributed by atoms with Crippen LogP contribution in [0, 0.1) is 0 Å². The van der Waals surface area contributed by atoms with Gasteiger partial charge >= 0.3 is 0 Å². The second-order valence-corrected chi connectivity index (χ2v) is 7.02. The van der Waals surface area contributed by atoms with Gasteiger partial charge in [0, 0.05) is 47.8 Å². The first-order valence-electron chi connectivity index (χ1n) is 6.76. The molecule has 1 aliphatic rings. The van der Waals surface area contributed by atoms with E-state index in [4.69, 9.17) is 11.6 Å². The van der Waals surface area contributed by atoms with Crippen LogP contribution in [-0.2, 0) is 5.33 Å². The molecule has 0 radical (unpaired) electrons. The Morgan fingerprint density at radius 3 is 2.26 bits per heavy atom. The number of nitrogens with zero attached hydrogens (tertiary/aromatic N) is 2. The molecule has 0 bridgehead atoms. The molecule has 1 heterocycles. The van der Waals surface area contributed by atoms with Gasteiger partial charge in [-0.2, -0.15) is 0 Å². The van der Waals surface area contributed by atoms with Gasteiger partial charge in [0.05, 0.1) is 0 Å². The van der Waals surface area contributed by atoms with E-state index >= 15 is 0 Å². The van der Waals surface area contributed by atoms with Crippen molar-refractivity contribution in [2.45, 2.75) is 31.6 Å². The molecule has 1 saturated heterocycles. The van der Waals surface area contributed by atoms with Gasteiger partial charge in [-0.15, -0.1) is 0 Å². The van der Waals surface area contributed by atoms with Crippen LogP contribution in [0.5, 0.6) is 0 Å². The van der Waals surface area contributed by atoms with Gasteiger partial charge in [-0.25, -0.2) is 0 Å². The average molecular weight is 346 g/mol. The van der Waals surface area contributed by atoms with Gasteiger partial charge < -0.3 is 4.90 Å². The summed E-state index contributed by atoms with van der Waals surface area (Å²) in [5.74, 6) is 0. The van der Waals surface area contributed by atoms with Gasteiger partial charge in [-0.05, 0) is 38.5 Å². The van der Waals surface area contributed by atoms with Crippen molar-refractivity contribution < 1.29 is 0 Å². The summed E-state index contributed by atoms with van der Waals surface area (Å²) < 4.78 is 0. The molecule has 0 amide bonds. The maximum Gasteiger partial charge on any atom is 0.0467 e.